The van der Waals surface area contributed by atoms with E-state index in [2.05, 4.69) is 26.4 Å². The van der Waals surface area contributed by atoms with Gasteiger partial charge in [-0.3, -0.25) is 9.59 Å². The van der Waals surface area contributed by atoms with E-state index < -0.39 is 17.3 Å². The number of aromatic nitrogens is 3. The second-order valence-corrected chi connectivity index (χ2v) is 10.3. The first-order valence-corrected chi connectivity index (χ1v) is 13.4. The van der Waals surface area contributed by atoms with Crippen LogP contribution in [-0.2, 0) is 15.7 Å². The third kappa shape index (κ3) is 6.05. The molecular weight excluding hydrogens is 529 g/mol. The molecule has 2 aromatic heterocycles. The van der Waals surface area contributed by atoms with Crippen molar-refractivity contribution >= 4 is 17.4 Å². The SMILES string of the molecule is N#Cc1ccc(N2CCN(C(=O)C3CNC[C@@H](OC[C@@H]4CCCN4c4cn[nH]c(=O)c4C(F)(F)F)C3)CC2)nc1. The molecule has 1 amide bonds. The van der Waals surface area contributed by atoms with E-state index in [-0.39, 0.29) is 36.3 Å². The number of halogens is 3. The molecule has 3 atom stereocenters. The molecule has 5 rings (SSSR count). The smallest absolute Gasteiger partial charge is 0.375 e. The number of anilines is 2. The Bertz CT molecular complexity index is 1290. The van der Waals surface area contributed by atoms with Gasteiger partial charge in [-0.1, -0.05) is 0 Å². The zero-order chi connectivity index (χ0) is 28.3. The number of hydrogen-bond donors (Lipinski definition) is 2. The number of ether oxygens (including phenoxy) is 1. The molecule has 3 fully saturated rings. The van der Waals surface area contributed by atoms with E-state index in [1.165, 1.54) is 6.20 Å². The van der Waals surface area contributed by atoms with Crippen molar-refractivity contribution in [1.82, 2.24) is 25.4 Å². The molecule has 3 aliphatic rings. The third-order valence-electron chi connectivity index (χ3n) is 7.78. The number of piperazine rings is 1. The molecular formula is C26H31F3N8O3. The zero-order valence-electron chi connectivity index (χ0n) is 21.9. The Labute approximate surface area is 228 Å². The normalized spacial score (nSPS) is 23.8. The van der Waals surface area contributed by atoms with Gasteiger partial charge >= 0.3 is 6.18 Å². The number of pyridine rings is 1. The minimum absolute atomic E-state index is 0.0557. The Hall–Kier alpha value is -3.70. The molecule has 3 aliphatic heterocycles. The molecule has 14 heteroatoms. The third-order valence-corrected chi connectivity index (χ3v) is 7.78. The van der Waals surface area contributed by atoms with Crippen LogP contribution in [0.15, 0.2) is 29.3 Å². The van der Waals surface area contributed by atoms with Crippen molar-refractivity contribution in [2.24, 2.45) is 5.92 Å². The molecule has 0 aromatic carbocycles. The lowest BCUT2D eigenvalue weighted by molar-refractivity contribution is -0.138. The lowest BCUT2D eigenvalue weighted by atomic mass is 9.95. The summed E-state index contributed by atoms with van der Waals surface area (Å²) in [6, 6.07) is 5.26. The highest BCUT2D eigenvalue weighted by atomic mass is 19.4. The quantitative estimate of drug-likeness (QED) is 0.538. The molecule has 40 heavy (non-hydrogen) atoms. The van der Waals surface area contributed by atoms with Gasteiger partial charge in [-0.15, -0.1) is 0 Å². The number of carbonyl (C=O) groups is 1. The van der Waals surface area contributed by atoms with Crippen LogP contribution in [0.2, 0.25) is 0 Å². The summed E-state index contributed by atoms with van der Waals surface area (Å²) >= 11 is 0. The average Bonchev–Trinajstić information content (AvgIpc) is 3.44. The number of alkyl halides is 3. The molecule has 1 unspecified atom stereocenters. The second-order valence-electron chi connectivity index (χ2n) is 10.3. The minimum atomic E-state index is -4.80. The van der Waals surface area contributed by atoms with Gasteiger partial charge in [-0.25, -0.2) is 10.1 Å². The van der Waals surface area contributed by atoms with Gasteiger partial charge in [0.15, 0.2) is 0 Å². The molecule has 0 radical (unpaired) electrons. The van der Waals surface area contributed by atoms with Gasteiger partial charge in [0, 0.05) is 52.0 Å². The largest absolute Gasteiger partial charge is 0.423 e. The Morgan fingerprint density at radius 3 is 2.65 bits per heavy atom. The maximum atomic E-state index is 13.6. The Kier molecular flexibility index (Phi) is 8.22. The Balaban J connectivity index is 1.14. The summed E-state index contributed by atoms with van der Waals surface area (Å²) in [6.07, 6.45) is -0.639. The van der Waals surface area contributed by atoms with Gasteiger partial charge in [0.05, 0.1) is 42.1 Å². The van der Waals surface area contributed by atoms with Gasteiger partial charge in [-0.2, -0.15) is 23.5 Å². The molecule has 0 aliphatic carbocycles. The van der Waals surface area contributed by atoms with Crippen molar-refractivity contribution in [1.29, 1.82) is 5.26 Å². The first kappa shape index (κ1) is 27.9. The number of aromatic amines is 1. The summed E-state index contributed by atoms with van der Waals surface area (Å²) in [6.45, 7) is 4.05. The first-order chi connectivity index (χ1) is 19.2. The number of amides is 1. The highest BCUT2D eigenvalue weighted by molar-refractivity contribution is 5.79. The average molecular weight is 561 g/mol. The van der Waals surface area contributed by atoms with E-state index in [1.807, 2.05) is 16.1 Å². The maximum absolute atomic E-state index is 13.6. The number of H-pyrrole nitrogens is 1. The van der Waals surface area contributed by atoms with Crippen LogP contribution in [-0.4, -0.2) is 90.6 Å². The fourth-order valence-corrected chi connectivity index (χ4v) is 5.72. The number of rotatable bonds is 6. The second kappa shape index (κ2) is 11.8. The standard InChI is InChI=1S/C26H31F3N8O3/c27-26(28,29)23-21(15-33-34-24(23)38)37-5-1-2-19(37)16-40-20-10-18(13-31-14-20)25(39)36-8-6-35(7-9-36)22-4-3-17(11-30)12-32-22/h3-4,12,15,18-20,31H,1-2,5-10,13-14,16H2,(H,34,38)/t18?,19-,20-/m0/s1. The fraction of sp³-hybridized carbons (Fsp3) is 0.577. The molecule has 2 aromatic rings. The molecule has 2 N–H and O–H groups in total. The molecule has 214 valence electrons. The van der Waals surface area contributed by atoms with Crippen LogP contribution in [0.1, 0.15) is 30.4 Å². The summed E-state index contributed by atoms with van der Waals surface area (Å²) in [5.41, 5.74) is -2.23. The number of nitrogens with zero attached hydrogens (tertiary/aromatic N) is 6. The van der Waals surface area contributed by atoms with Gasteiger partial charge in [0.1, 0.15) is 17.5 Å². The van der Waals surface area contributed by atoms with Crippen molar-refractivity contribution in [3.8, 4) is 6.07 Å². The van der Waals surface area contributed by atoms with E-state index in [0.29, 0.717) is 70.6 Å². The highest BCUT2D eigenvalue weighted by Gasteiger charge is 2.41. The summed E-state index contributed by atoms with van der Waals surface area (Å²) in [5, 5.41) is 17.7. The van der Waals surface area contributed by atoms with Gasteiger partial charge in [-0.05, 0) is 31.4 Å². The van der Waals surface area contributed by atoms with Crippen molar-refractivity contribution in [2.45, 2.75) is 37.6 Å². The number of hydrogen-bond acceptors (Lipinski definition) is 9. The number of nitriles is 1. The van der Waals surface area contributed by atoms with Gasteiger partial charge in [0.2, 0.25) is 5.91 Å². The first-order valence-electron chi connectivity index (χ1n) is 13.4. The lowest BCUT2D eigenvalue weighted by Crippen LogP contribution is -2.54. The van der Waals surface area contributed by atoms with E-state index in [4.69, 9.17) is 10.00 Å². The molecule has 5 heterocycles. The van der Waals surface area contributed by atoms with Crippen LogP contribution < -0.4 is 20.7 Å². The summed E-state index contributed by atoms with van der Waals surface area (Å²) in [7, 11) is 0. The Morgan fingerprint density at radius 1 is 1.15 bits per heavy atom. The molecule has 11 nitrogen and oxygen atoms in total. The predicted octanol–water partition coefficient (Wildman–Crippen LogP) is 1.37. The maximum Gasteiger partial charge on any atom is 0.423 e. The van der Waals surface area contributed by atoms with Crippen LogP contribution >= 0.6 is 0 Å². The zero-order valence-corrected chi connectivity index (χ0v) is 21.9. The fourth-order valence-electron chi connectivity index (χ4n) is 5.72. The number of carbonyl (C=O) groups excluding carboxylic acids is 1. The monoisotopic (exact) mass is 560 g/mol. The van der Waals surface area contributed by atoms with E-state index in [9.17, 15) is 22.8 Å². The van der Waals surface area contributed by atoms with Crippen molar-refractivity contribution in [3.63, 3.8) is 0 Å². The number of nitrogens with one attached hydrogen (secondary N) is 2. The minimum Gasteiger partial charge on any atom is -0.375 e. The van der Waals surface area contributed by atoms with Crippen molar-refractivity contribution in [3.05, 3.63) is 46.0 Å². The van der Waals surface area contributed by atoms with Crippen LogP contribution in [0.5, 0.6) is 0 Å². The lowest BCUT2D eigenvalue weighted by Gasteiger charge is -2.39. The molecule has 0 bridgehead atoms. The number of piperidine rings is 1. The van der Waals surface area contributed by atoms with Crippen molar-refractivity contribution in [2.75, 3.05) is 62.2 Å². The van der Waals surface area contributed by atoms with Gasteiger partial charge in [0.25, 0.3) is 5.56 Å². The Morgan fingerprint density at radius 2 is 1.95 bits per heavy atom. The summed E-state index contributed by atoms with van der Waals surface area (Å²) < 4.78 is 47.0. The summed E-state index contributed by atoms with van der Waals surface area (Å²) in [5.74, 6) is 0.574. The van der Waals surface area contributed by atoms with E-state index in [1.54, 1.807) is 11.0 Å². The highest BCUT2D eigenvalue weighted by Crippen LogP contribution is 2.36. The molecule has 3 saturated heterocycles. The van der Waals surface area contributed by atoms with E-state index >= 15 is 0 Å². The topological polar surface area (TPSA) is 130 Å². The van der Waals surface area contributed by atoms with Crippen molar-refractivity contribution < 1.29 is 22.7 Å². The van der Waals surface area contributed by atoms with Crippen LogP contribution in [0.4, 0.5) is 24.7 Å². The van der Waals surface area contributed by atoms with Crippen LogP contribution in [0.25, 0.3) is 0 Å². The molecule has 0 saturated carbocycles. The van der Waals surface area contributed by atoms with E-state index in [0.717, 1.165) is 12.0 Å². The van der Waals surface area contributed by atoms with Crippen LogP contribution in [0.3, 0.4) is 0 Å². The van der Waals surface area contributed by atoms with Crippen LogP contribution in [0, 0.1) is 17.2 Å². The summed E-state index contributed by atoms with van der Waals surface area (Å²) in [4.78, 5) is 35.1. The van der Waals surface area contributed by atoms with Gasteiger partial charge < -0.3 is 24.8 Å². The molecule has 0 spiro atoms. The predicted molar refractivity (Wildman–Crippen MR) is 139 cm³/mol.